The first-order valence-corrected chi connectivity index (χ1v) is 8.96. The number of hydrogen-bond acceptors (Lipinski definition) is 3. The second-order valence-corrected chi connectivity index (χ2v) is 6.29. The van der Waals surface area contributed by atoms with Crippen molar-refractivity contribution >= 4 is 23.4 Å². The van der Waals surface area contributed by atoms with Crippen LogP contribution in [0.5, 0.6) is 0 Å². The fourth-order valence-corrected chi connectivity index (χ4v) is 2.91. The molecule has 1 heterocycles. The molecule has 0 aliphatic carbocycles. The maximum Gasteiger partial charge on any atom is 0.191 e. The van der Waals surface area contributed by atoms with Gasteiger partial charge in [-0.1, -0.05) is 18.2 Å². The van der Waals surface area contributed by atoms with Crippen molar-refractivity contribution in [3.63, 3.8) is 0 Å². The van der Waals surface area contributed by atoms with Gasteiger partial charge in [-0.3, -0.25) is 4.99 Å². The van der Waals surface area contributed by atoms with Crippen LogP contribution in [0.4, 0.5) is 5.69 Å². The first kappa shape index (κ1) is 16.0. The first-order valence-electron chi connectivity index (χ1n) is 7.57. The monoisotopic (exact) mass is 306 g/mol. The van der Waals surface area contributed by atoms with Crippen LogP contribution in [-0.2, 0) is 0 Å². The van der Waals surface area contributed by atoms with Gasteiger partial charge < -0.3 is 15.5 Å². The summed E-state index contributed by atoms with van der Waals surface area (Å²) in [6.07, 6.45) is 3.36. The van der Waals surface area contributed by atoms with Gasteiger partial charge >= 0.3 is 0 Å². The molecule has 0 saturated carbocycles. The van der Waals surface area contributed by atoms with E-state index in [1.54, 1.807) is 0 Å². The average molecular weight is 306 g/mol. The summed E-state index contributed by atoms with van der Waals surface area (Å²) < 4.78 is 0. The van der Waals surface area contributed by atoms with E-state index in [1.165, 1.54) is 12.1 Å². The second-order valence-electron chi connectivity index (χ2n) is 5.31. The van der Waals surface area contributed by atoms with Crippen LogP contribution >= 0.6 is 11.8 Å². The Kier molecular flexibility index (Phi) is 6.73. The van der Waals surface area contributed by atoms with E-state index >= 15 is 0 Å². The Balaban J connectivity index is 1.72. The number of para-hydroxylation sites is 1. The molecule has 0 spiro atoms. The van der Waals surface area contributed by atoms with Crippen LogP contribution in [0.3, 0.4) is 0 Å². The minimum atomic E-state index is 0.685. The lowest BCUT2D eigenvalue weighted by atomic mass is 10.1. The van der Waals surface area contributed by atoms with Crippen molar-refractivity contribution in [2.45, 2.75) is 6.42 Å². The zero-order valence-electron chi connectivity index (χ0n) is 13.0. The Bertz CT molecular complexity index is 435. The highest BCUT2D eigenvalue weighted by molar-refractivity contribution is 7.98. The van der Waals surface area contributed by atoms with Crippen molar-refractivity contribution in [1.29, 1.82) is 0 Å². The molecule has 2 rings (SSSR count). The lowest BCUT2D eigenvalue weighted by Crippen LogP contribution is -2.41. The van der Waals surface area contributed by atoms with Crippen LogP contribution in [0, 0.1) is 5.92 Å². The predicted molar refractivity (Wildman–Crippen MR) is 94.5 cm³/mol. The maximum atomic E-state index is 4.27. The number of hydrogen-bond donors (Lipinski definition) is 2. The van der Waals surface area contributed by atoms with Gasteiger partial charge in [0.2, 0.25) is 0 Å². The molecule has 1 aliphatic heterocycles. The molecule has 116 valence electrons. The van der Waals surface area contributed by atoms with E-state index in [0.29, 0.717) is 5.92 Å². The van der Waals surface area contributed by atoms with Gasteiger partial charge in [0, 0.05) is 44.7 Å². The molecule has 1 atom stereocenters. The van der Waals surface area contributed by atoms with E-state index in [9.17, 15) is 0 Å². The number of nitrogens with zero attached hydrogens (tertiary/aromatic N) is 2. The normalized spacial score (nSPS) is 18.9. The zero-order valence-corrected chi connectivity index (χ0v) is 13.8. The van der Waals surface area contributed by atoms with Crippen molar-refractivity contribution in [3.05, 3.63) is 30.3 Å². The number of guanidine groups is 1. The Morgan fingerprint density at radius 1 is 1.33 bits per heavy atom. The molecule has 0 bridgehead atoms. The summed E-state index contributed by atoms with van der Waals surface area (Å²) in [5.74, 6) is 2.71. The second kappa shape index (κ2) is 8.82. The Morgan fingerprint density at radius 3 is 2.86 bits per heavy atom. The van der Waals surface area contributed by atoms with Crippen LogP contribution in [0.15, 0.2) is 35.3 Å². The van der Waals surface area contributed by atoms with Crippen molar-refractivity contribution in [1.82, 2.24) is 10.6 Å². The number of anilines is 1. The van der Waals surface area contributed by atoms with Crippen LogP contribution in [0.2, 0.25) is 0 Å². The lowest BCUT2D eigenvalue weighted by Gasteiger charge is -2.19. The number of rotatable bonds is 6. The van der Waals surface area contributed by atoms with Crippen molar-refractivity contribution < 1.29 is 0 Å². The minimum absolute atomic E-state index is 0.685. The van der Waals surface area contributed by atoms with Gasteiger partial charge in [0.15, 0.2) is 5.96 Å². The SMILES string of the molecule is CN=C(NCCSC)NCC1CCN(c2ccccc2)C1. The minimum Gasteiger partial charge on any atom is -0.371 e. The van der Waals surface area contributed by atoms with E-state index in [2.05, 4.69) is 57.1 Å². The Morgan fingerprint density at radius 2 is 2.14 bits per heavy atom. The van der Waals surface area contributed by atoms with E-state index in [1.807, 2.05) is 18.8 Å². The van der Waals surface area contributed by atoms with Crippen molar-refractivity contribution in [2.24, 2.45) is 10.9 Å². The topological polar surface area (TPSA) is 39.7 Å². The number of aliphatic imine (C=N–C) groups is 1. The third-order valence-corrected chi connectivity index (χ3v) is 4.40. The Hall–Kier alpha value is -1.36. The van der Waals surface area contributed by atoms with Crippen LogP contribution < -0.4 is 15.5 Å². The van der Waals surface area contributed by atoms with Crippen LogP contribution in [0.25, 0.3) is 0 Å². The number of thioether (sulfide) groups is 1. The Labute approximate surface area is 132 Å². The first-order chi connectivity index (χ1) is 10.3. The van der Waals surface area contributed by atoms with Gasteiger partial charge in [-0.05, 0) is 30.7 Å². The molecule has 1 aromatic rings. The van der Waals surface area contributed by atoms with Gasteiger partial charge in [-0.2, -0.15) is 11.8 Å². The smallest absolute Gasteiger partial charge is 0.191 e. The number of benzene rings is 1. The summed E-state index contributed by atoms with van der Waals surface area (Å²) >= 11 is 1.84. The summed E-state index contributed by atoms with van der Waals surface area (Å²) in [7, 11) is 1.83. The van der Waals surface area contributed by atoms with E-state index in [-0.39, 0.29) is 0 Å². The molecular weight excluding hydrogens is 280 g/mol. The van der Waals surface area contributed by atoms with Crippen molar-refractivity contribution in [3.8, 4) is 0 Å². The standard InChI is InChI=1S/C16H26N4S/c1-17-16(18-9-11-21-2)19-12-14-8-10-20(13-14)15-6-4-3-5-7-15/h3-7,14H,8-13H2,1-2H3,(H2,17,18,19). The predicted octanol–water partition coefficient (Wildman–Crippen LogP) is 2.04. The zero-order chi connectivity index (χ0) is 14.9. The highest BCUT2D eigenvalue weighted by Crippen LogP contribution is 2.22. The molecule has 0 amide bonds. The van der Waals surface area contributed by atoms with Crippen LogP contribution in [-0.4, -0.2) is 51.2 Å². The summed E-state index contributed by atoms with van der Waals surface area (Å²) in [6, 6.07) is 10.7. The molecule has 2 N–H and O–H groups in total. The molecule has 1 unspecified atom stereocenters. The lowest BCUT2D eigenvalue weighted by molar-refractivity contribution is 0.566. The van der Waals surface area contributed by atoms with E-state index < -0.39 is 0 Å². The van der Waals surface area contributed by atoms with Crippen molar-refractivity contribution in [2.75, 3.05) is 50.1 Å². The van der Waals surface area contributed by atoms with Gasteiger partial charge in [0.1, 0.15) is 0 Å². The molecular formula is C16H26N4S. The molecule has 5 heteroatoms. The molecule has 1 aromatic carbocycles. The molecule has 1 saturated heterocycles. The van der Waals surface area contributed by atoms with Gasteiger partial charge in [-0.15, -0.1) is 0 Å². The average Bonchev–Trinajstić information content (AvgIpc) is 3.00. The van der Waals surface area contributed by atoms with Gasteiger partial charge in [0.05, 0.1) is 0 Å². The van der Waals surface area contributed by atoms with E-state index in [0.717, 1.165) is 37.9 Å². The highest BCUT2D eigenvalue weighted by atomic mass is 32.2. The largest absolute Gasteiger partial charge is 0.371 e. The molecule has 0 radical (unpaired) electrons. The summed E-state index contributed by atoms with van der Waals surface area (Å²) in [4.78, 5) is 6.74. The third kappa shape index (κ3) is 5.16. The van der Waals surface area contributed by atoms with Gasteiger partial charge in [0.25, 0.3) is 0 Å². The molecule has 1 aliphatic rings. The molecule has 4 nitrogen and oxygen atoms in total. The molecule has 21 heavy (non-hydrogen) atoms. The fraction of sp³-hybridized carbons (Fsp3) is 0.562. The molecule has 1 fully saturated rings. The summed E-state index contributed by atoms with van der Waals surface area (Å²) in [6.45, 7) is 4.22. The molecule has 0 aromatic heterocycles. The van der Waals surface area contributed by atoms with Crippen LogP contribution in [0.1, 0.15) is 6.42 Å². The van der Waals surface area contributed by atoms with Gasteiger partial charge in [-0.25, -0.2) is 0 Å². The fourth-order valence-electron chi connectivity index (χ4n) is 2.61. The quantitative estimate of drug-likeness (QED) is 0.479. The summed E-state index contributed by atoms with van der Waals surface area (Å²) in [5, 5.41) is 6.79. The third-order valence-electron chi connectivity index (χ3n) is 3.79. The van der Waals surface area contributed by atoms with E-state index in [4.69, 9.17) is 0 Å². The number of nitrogens with one attached hydrogen (secondary N) is 2. The summed E-state index contributed by atoms with van der Waals surface area (Å²) in [5.41, 5.74) is 1.34. The highest BCUT2D eigenvalue weighted by Gasteiger charge is 2.22. The maximum absolute atomic E-state index is 4.27.